The largest absolute Gasteiger partial charge is 0.347 e. The van der Waals surface area contributed by atoms with E-state index in [1.807, 2.05) is 13.0 Å². The number of halogens is 2. The Morgan fingerprint density at radius 1 is 1.07 bits per heavy atom. The van der Waals surface area contributed by atoms with E-state index >= 15 is 0 Å². The predicted molar refractivity (Wildman–Crippen MR) is 149 cm³/mol. The molecule has 0 saturated carbocycles. The van der Waals surface area contributed by atoms with E-state index in [9.17, 15) is 31.6 Å². The molecule has 0 saturated heterocycles. The number of aromatic nitrogens is 3. The van der Waals surface area contributed by atoms with Crippen LogP contribution in [0.25, 0.3) is 5.65 Å². The van der Waals surface area contributed by atoms with Gasteiger partial charge in [0.15, 0.2) is 17.2 Å². The Morgan fingerprint density at radius 3 is 2.55 bits per heavy atom. The first kappa shape index (κ1) is 28.8. The number of carbonyl (C=O) groups is 3. The van der Waals surface area contributed by atoms with Crippen molar-refractivity contribution < 1.29 is 31.6 Å². The molecular formula is C28H26F2N6O5S. The third-order valence-electron chi connectivity index (χ3n) is 7.05. The number of amides is 2. The molecule has 1 aliphatic rings. The summed E-state index contributed by atoms with van der Waals surface area (Å²) < 4.78 is 54.6. The Labute approximate surface area is 239 Å². The molecule has 0 unspecified atom stereocenters. The summed E-state index contributed by atoms with van der Waals surface area (Å²) in [5.74, 6) is -3.05. The summed E-state index contributed by atoms with van der Waals surface area (Å²) in [4.78, 5) is 42.4. The molecule has 4 aromatic rings. The van der Waals surface area contributed by atoms with Crippen molar-refractivity contribution >= 4 is 39.0 Å². The number of nitrogens with one attached hydrogen (secondary N) is 3. The first-order chi connectivity index (χ1) is 19.8. The minimum Gasteiger partial charge on any atom is -0.347 e. The Hall–Kier alpha value is -4.72. The second-order valence-corrected chi connectivity index (χ2v) is 11.8. The molecule has 0 spiro atoms. The first-order valence-electron chi connectivity index (χ1n) is 12.8. The summed E-state index contributed by atoms with van der Waals surface area (Å²) in [5.41, 5.74) is 2.73. The average molecular weight is 597 g/mol. The number of rotatable bonds is 8. The summed E-state index contributed by atoms with van der Waals surface area (Å²) in [6, 6.07) is 7.99. The van der Waals surface area contributed by atoms with Gasteiger partial charge in [0.25, 0.3) is 11.8 Å². The monoisotopic (exact) mass is 596 g/mol. The quantitative estimate of drug-likeness (QED) is 0.264. The Balaban J connectivity index is 1.38. The van der Waals surface area contributed by atoms with Crippen LogP contribution in [0.15, 0.2) is 42.6 Å². The molecule has 2 aromatic heterocycles. The average Bonchev–Trinajstić information content (AvgIpc) is 3.51. The Morgan fingerprint density at radius 2 is 1.83 bits per heavy atom. The number of nitrogens with zero attached hydrogens (tertiary/aromatic N) is 3. The molecule has 1 atom stereocenters. The van der Waals surface area contributed by atoms with E-state index < -0.39 is 33.5 Å². The smallest absolute Gasteiger partial charge is 0.270 e. The summed E-state index contributed by atoms with van der Waals surface area (Å²) in [5, 5.41) is 9.39. The molecular weight excluding hydrogens is 570 g/mol. The van der Waals surface area contributed by atoms with Crippen molar-refractivity contribution in [3.63, 3.8) is 0 Å². The molecule has 0 fully saturated rings. The van der Waals surface area contributed by atoms with E-state index in [2.05, 4.69) is 25.4 Å². The fourth-order valence-electron chi connectivity index (χ4n) is 5.09. The van der Waals surface area contributed by atoms with E-state index in [-0.39, 0.29) is 41.1 Å². The van der Waals surface area contributed by atoms with Gasteiger partial charge in [0.2, 0.25) is 10.0 Å². The van der Waals surface area contributed by atoms with Gasteiger partial charge in [-0.1, -0.05) is 18.2 Å². The summed E-state index contributed by atoms with van der Waals surface area (Å²) in [6.07, 6.45) is 3.01. The lowest BCUT2D eigenvalue weighted by molar-refractivity contribution is 0.0927. The highest BCUT2D eigenvalue weighted by molar-refractivity contribution is 7.92. The molecule has 2 amide bonds. The normalized spacial score (nSPS) is 14.5. The third kappa shape index (κ3) is 5.70. The van der Waals surface area contributed by atoms with Gasteiger partial charge in [0.1, 0.15) is 17.2 Å². The molecule has 42 heavy (non-hydrogen) atoms. The molecule has 0 aliphatic heterocycles. The summed E-state index contributed by atoms with van der Waals surface area (Å²) in [7, 11) is -3.74. The zero-order valence-electron chi connectivity index (χ0n) is 22.8. The number of hydrogen-bond acceptors (Lipinski definition) is 7. The number of anilines is 1. The van der Waals surface area contributed by atoms with Gasteiger partial charge in [0, 0.05) is 18.2 Å². The maximum absolute atomic E-state index is 14.5. The van der Waals surface area contributed by atoms with E-state index in [4.69, 9.17) is 0 Å². The minimum atomic E-state index is -3.74. The van der Waals surface area contributed by atoms with Gasteiger partial charge in [-0.15, -0.1) is 0 Å². The van der Waals surface area contributed by atoms with Gasteiger partial charge in [-0.2, -0.15) is 5.10 Å². The maximum atomic E-state index is 14.5. The summed E-state index contributed by atoms with van der Waals surface area (Å²) >= 11 is 0. The highest BCUT2D eigenvalue weighted by Gasteiger charge is 2.29. The van der Waals surface area contributed by atoms with Gasteiger partial charge in [-0.25, -0.2) is 26.7 Å². The molecule has 218 valence electrons. The van der Waals surface area contributed by atoms with Crippen LogP contribution >= 0.6 is 0 Å². The lowest BCUT2D eigenvalue weighted by Gasteiger charge is -2.16. The van der Waals surface area contributed by atoms with E-state index in [1.165, 1.54) is 25.1 Å². The standard InChI is InChI=1S/C28H26F2N6O5S/c1-14-17(15(2)37)5-6-19-18(14)7-9-22(19)34-28(39)25-11-24(33-26-21(30)13-32-36(25)26)27(38)31-12-16-4-8-20(29)23(10-16)35-42(3,40)41/h4-6,8,10-11,13,22,35H,7,9,12H2,1-3H3,(H,31,38)(H,34,39)/t22-/m0/s1. The Kier molecular flexibility index (Phi) is 7.49. The number of Topliss-reactive ketones (excluding diaryl/α,β-unsaturated/α-hetero) is 1. The minimum absolute atomic E-state index is 0.0427. The van der Waals surface area contributed by atoms with Gasteiger partial charge in [-0.3, -0.25) is 19.1 Å². The predicted octanol–water partition coefficient (Wildman–Crippen LogP) is 3.24. The second kappa shape index (κ2) is 10.9. The maximum Gasteiger partial charge on any atom is 0.270 e. The SMILES string of the molecule is CC(=O)c1ccc2c(c1C)CC[C@@H]2NC(=O)c1cc(C(=O)NCc2ccc(F)c(NS(C)(=O)=O)c2)nc2c(F)cnn12. The fourth-order valence-corrected chi connectivity index (χ4v) is 5.65. The van der Waals surface area contributed by atoms with Crippen LogP contribution in [0.4, 0.5) is 14.5 Å². The number of carbonyl (C=O) groups excluding carboxylic acids is 3. The zero-order valence-corrected chi connectivity index (χ0v) is 23.6. The summed E-state index contributed by atoms with van der Waals surface area (Å²) in [6.45, 7) is 3.23. The van der Waals surface area contributed by atoms with Crippen LogP contribution in [-0.4, -0.2) is 46.9 Å². The van der Waals surface area contributed by atoms with Crippen LogP contribution in [0.1, 0.15) is 73.0 Å². The zero-order chi connectivity index (χ0) is 30.3. The number of hydrogen-bond donors (Lipinski definition) is 3. The molecule has 2 aromatic carbocycles. The molecule has 5 rings (SSSR count). The van der Waals surface area contributed by atoms with Gasteiger partial charge in [0.05, 0.1) is 24.2 Å². The van der Waals surface area contributed by atoms with Crippen molar-refractivity contribution in [2.45, 2.75) is 39.3 Å². The van der Waals surface area contributed by atoms with Crippen LogP contribution in [0.5, 0.6) is 0 Å². The van der Waals surface area contributed by atoms with Crippen LogP contribution in [0.3, 0.4) is 0 Å². The van der Waals surface area contributed by atoms with E-state index in [0.29, 0.717) is 24.0 Å². The number of ketones is 1. The van der Waals surface area contributed by atoms with Crippen molar-refractivity contribution in [2.24, 2.45) is 0 Å². The lowest BCUT2D eigenvalue weighted by Crippen LogP contribution is -2.30. The van der Waals surface area contributed by atoms with Crippen molar-refractivity contribution in [3.05, 3.63) is 93.4 Å². The van der Waals surface area contributed by atoms with E-state index in [0.717, 1.165) is 39.7 Å². The topological polar surface area (TPSA) is 152 Å². The highest BCUT2D eigenvalue weighted by atomic mass is 32.2. The molecule has 3 N–H and O–H groups in total. The molecule has 1 aliphatic carbocycles. The number of fused-ring (bicyclic) bond motifs is 2. The van der Waals surface area contributed by atoms with Crippen LogP contribution in [0, 0.1) is 18.6 Å². The van der Waals surface area contributed by atoms with Gasteiger partial charge in [-0.05, 0) is 61.1 Å². The van der Waals surface area contributed by atoms with Gasteiger partial charge < -0.3 is 10.6 Å². The van der Waals surface area contributed by atoms with Crippen LogP contribution < -0.4 is 15.4 Å². The first-order valence-corrected chi connectivity index (χ1v) is 14.7. The third-order valence-corrected chi connectivity index (χ3v) is 7.64. The fraction of sp³-hybridized carbons (Fsp3) is 0.250. The highest BCUT2D eigenvalue weighted by Crippen LogP contribution is 2.35. The lowest BCUT2D eigenvalue weighted by atomic mass is 9.96. The molecule has 11 nitrogen and oxygen atoms in total. The number of benzene rings is 2. The van der Waals surface area contributed by atoms with Crippen molar-refractivity contribution in [1.82, 2.24) is 25.2 Å². The van der Waals surface area contributed by atoms with Gasteiger partial charge >= 0.3 is 0 Å². The second-order valence-electron chi connectivity index (χ2n) is 10.1. The molecule has 0 bridgehead atoms. The molecule has 14 heteroatoms. The van der Waals surface area contributed by atoms with Crippen molar-refractivity contribution in [3.8, 4) is 0 Å². The van der Waals surface area contributed by atoms with Crippen LogP contribution in [-0.2, 0) is 23.0 Å². The number of sulfonamides is 1. The molecule has 2 heterocycles. The van der Waals surface area contributed by atoms with Crippen LogP contribution in [0.2, 0.25) is 0 Å². The Bertz CT molecular complexity index is 1890. The van der Waals surface area contributed by atoms with Crippen molar-refractivity contribution in [2.75, 3.05) is 11.0 Å². The van der Waals surface area contributed by atoms with E-state index in [1.54, 1.807) is 6.07 Å². The van der Waals surface area contributed by atoms with Crippen molar-refractivity contribution in [1.29, 1.82) is 0 Å². The molecule has 0 radical (unpaired) electrons.